The molecule has 1 aliphatic rings. The highest BCUT2D eigenvalue weighted by molar-refractivity contribution is 6.09. The summed E-state index contributed by atoms with van der Waals surface area (Å²) in [6.07, 6.45) is 5.24. The van der Waals surface area contributed by atoms with Crippen molar-refractivity contribution in [2.75, 3.05) is 7.05 Å². The van der Waals surface area contributed by atoms with E-state index in [4.69, 9.17) is 0 Å². The van der Waals surface area contributed by atoms with Gasteiger partial charge in [-0.2, -0.15) is 0 Å². The summed E-state index contributed by atoms with van der Waals surface area (Å²) < 4.78 is 0. The van der Waals surface area contributed by atoms with E-state index in [-0.39, 0.29) is 11.8 Å². The van der Waals surface area contributed by atoms with E-state index < -0.39 is 5.41 Å². The fourth-order valence-corrected chi connectivity index (χ4v) is 2.25. The molecular weight excluding hydrogens is 204 g/mol. The third kappa shape index (κ3) is 2.20. The maximum absolute atomic E-state index is 12.1. The molecular formula is C12H22N2O2. The predicted octanol–water partition coefficient (Wildman–Crippen LogP) is 1.86. The van der Waals surface area contributed by atoms with E-state index in [9.17, 15) is 9.59 Å². The minimum Gasteiger partial charge on any atom is -0.272 e. The first-order chi connectivity index (χ1) is 7.58. The number of nitrogens with zero attached hydrogens (tertiary/aromatic N) is 1. The van der Waals surface area contributed by atoms with Gasteiger partial charge in [-0.1, -0.05) is 39.5 Å². The minimum atomic E-state index is -0.777. The zero-order valence-corrected chi connectivity index (χ0v) is 10.5. The Morgan fingerprint density at radius 1 is 1.12 bits per heavy atom. The van der Waals surface area contributed by atoms with Gasteiger partial charge in [0.2, 0.25) is 0 Å². The van der Waals surface area contributed by atoms with E-state index in [1.54, 1.807) is 7.05 Å². The van der Waals surface area contributed by atoms with Crippen molar-refractivity contribution in [2.45, 2.75) is 52.4 Å². The van der Waals surface area contributed by atoms with Crippen molar-refractivity contribution < 1.29 is 9.59 Å². The van der Waals surface area contributed by atoms with Crippen molar-refractivity contribution in [1.82, 2.24) is 10.4 Å². The SMILES string of the molecule is CCCCC1(CCCC)C(=O)NN(C)C1=O. The zero-order chi connectivity index (χ0) is 12.2. The summed E-state index contributed by atoms with van der Waals surface area (Å²) in [5.41, 5.74) is 1.84. The molecule has 0 unspecified atom stereocenters. The molecule has 0 aromatic rings. The smallest absolute Gasteiger partial charge is 0.256 e. The van der Waals surface area contributed by atoms with Crippen LogP contribution in [0, 0.1) is 5.41 Å². The molecule has 92 valence electrons. The number of carbonyl (C=O) groups is 2. The van der Waals surface area contributed by atoms with Gasteiger partial charge >= 0.3 is 0 Å². The lowest BCUT2D eigenvalue weighted by atomic mass is 9.77. The standard InChI is InChI=1S/C12H22N2O2/c1-4-6-8-12(9-7-5-2)10(15)13-14(3)11(12)16/h4-9H2,1-3H3,(H,13,15). The molecule has 0 atom stereocenters. The quantitative estimate of drug-likeness (QED) is 0.703. The van der Waals surface area contributed by atoms with Crippen LogP contribution in [-0.4, -0.2) is 23.9 Å². The van der Waals surface area contributed by atoms with E-state index in [2.05, 4.69) is 19.3 Å². The van der Waals surface area contributed by atoms with E-state index in [1.807, 2.05) is 0 Å². The molecule has 0 aromatic carbocycles. The molecule has 0 aromatic heterocycles. The average Bonchev–Trinajstić information content (AvgIpc) is 2.47. The number of nitrogens with one attached hydrogen (secondary N) is 1. The molecule has 4 heteroatoms. The summed E-state index contributed by atoms with van der Waals surface area (Å²) >= 11 is 0. The minimum absolute atomic E-state index is 0.0561. The van der Waals surface area contributed by atoms with E-state index in [0.717, 1.165) is 25.7 Å². The molecule has 1 N–H and O–H groups in total. The maximum atomic E-state index is 12.1. The molecule has 1 aliphatic heterocycles. The van der Waals surface area contributed by atoms with Crippen LogP contribution in [0.3, 0.4) is 0 Å². The second-order valence-corrected chi connectivity index (χ2v) is 4.59. The number of hydrogen-bond donors (Lipinski definition) is 1. The largest absolute Gasteiger partial charge is 0.272 e. The van der Waals surface area contributed by atoms with Crippen molar-refractivity contribution in [3.63, 3.8) is 0 Å². The monoisotopic (exact) mass is 226 g/mol. The summed E-state index contributed by atoms with van der Waals surface area (Å²) in [4.78, 5) is 24.0. The van der Waals surface area contributed by atoms with Crippen molar-refractivity contribution in [3.05, 3.63) is 0 Å². The van der Waals surface area contributed by atoms with Gasteiger partial charge in [-0.05, 0) is 12.8 Å². The lowest BCUT2D eigenvalue weighted by molar-refractivity contribution is -0.139. The van der Waals surface area contributed by atoms with Gasteiger partial charge in [0.15, 0.2) is 0 Å². The van der Waals surface area contributed by atoms with Gasteiger partial charge < -0.3 is 0 Å². The highest BCUT2D eigenvalue weighted by atomic mass is 16.2. The van der Waals surface area contributed by atoms with Crippen molar-refractivity contribution in [2.24, 2.45) is 5.41 Å². The molecule has 0 bridgehead atoms. The Morgan fingerprint density at radius 3 is 1.94 bits per heavy atom. The lowest BCUT2D eigenvalue weighted by Crippen LogP contribution is -2.36. The van der Waals surface area contributed by atoms with Crippen LogP contribution >= 0.6 is 0 Å². The first-order valence-corrected chi connectivity index (χ1v) is 6.17. The summed E-state index contributed by atoms with van der Waals surface area (Å²) in [5, 5.41) is 1.34. The first-order valence-electron chi connectivity index (χ1n) is 6.17. The fourth-order valence-electron chi connectivity index (χ4n) is 2.25. The molecule has 1 saturated heterocycles. The van der Waals surface area contributed by atoms with Crippen LogP contribution in [0.2, 0.25) is 0 Å². The topological polar surface area (TPSA) is 49.4 Å². The Morgan fingerprint density at radius 2 is 1.62 bits per heavy atom. The highest BCUT2D eigenvalue weighted by Gasteiger charge is 2.51. The second kappa shape index (κ2) is 5.32. The van der Waals surface area contributed by atoms with Crippen LogP contribution in [0.1, 0.15) is 52.4 Å². The Balaban J connectivity index is 2.84. The molecule has 1 fully saturated rings. The Labute approximate surface area is 97.4 Å². The van der Waals surface area contributed by atoms with E-state index in [1.165, 1.54) is 5.01 Å². The summed E-state index contributed by atoms with van der Waals surface area (Å²) in [6.45, 7) is 4.16. The Hall–Kier alpha value is -1.06. The fraction of sp³-hybridized carbons (Fsp3) is 0.833. The number of carbonyl (C=O) groups excluding carboxylic acids is 2. The third-order valence-corrected chi connectivity index (χ3v) is 3.33. The average molecular weight is 226 g/mol. The predicted molar refractivity (Wildman–Crippen MR) is 62.4 cm³/mol. The third-order valence-electron chi connectivity index (χ3n) is 3.33. The van der Waals surface area contributed by atoms with Gasteiger partial charge in [-0.25, -0.2) is 0 Å². The zero-order valence-electron chi connectivity index (χ0n) is 10.5. The van der Waals surface area contributed by atoms with Gasteiger partial charge in [-0.3, -0.25) is 20.0 Å². The summed E-state index contributed by atoms with van der Waals surface area (Å²) in [5.74, 6) is -0.165. The molecule has 0 spiro atoms. The van der Waals surface area contributed by atoms with Crippen LogP contribution < -0.4 is 5.43 Å². The Kier molecular flexibility index (Phi) is 4.33. The van der Waals surface area contributed by atoms with Crippen LogP contribution in [0.5, 0.6) is 0 Å². The van der Waals surface area contributed by atoms with Crippen LogP contribution in [-0.2, 0) is 9.59 Å². The normalized spacial score (nSPS) is 19.1. The van der Waals surface area contributed by atoms with Gasteiger partial charge in [-0.15, -0.1) is 0 Å². The Bertz CT molecular complexity index is 268. The van der Waals surface area contributed by atoms with Crippen molar-refractivity contribution >= 4 is 11.8 Å². The number of hydrazine groups is 1. The second-order valence-electron chi connectivity index (χ2n) is 4.59. The van der Waals surface area contributed by atoms with Crippen LogP contribution in [0.4, 0.5) is 0 Å². The van der Waals surface area contributed by atoms with Crippen molar-refractivity contribution in [3.8, 4) is 0 Å². The molecule has 2 amide bonds. The molecule has 0 radical (unpaired) electrons. The number of hydrogen-bond acceptors (Lipinski definition) is 2. The van der Waals surface area contributed by atoms with E-state index >= 15 is 0 Å². The molecule has 0 saturated carbocycles. The molecule has 16 heavy (non-hydrogen) atoms. The summed E-state index contributed by atoms with van der Waals surface area (Å²) in [6, 6.07) is 0. The van der Waals surface area contributed by atoms with E-state index in [0.29, 0.717) is 12.8 Å². The first kappa shape index (κ1) is 13.0. The van der Waals surface area contributed by atoms with Crippen molar-refractivity contribution in [1.29, 1.82) is 0 Å². The van der Waals surface area contributed by atoms with Crippen LogP contribution in [0.25, 0.3) is 0 Å². The number of amides is 2. The van der Waals surface area contributed by atoms with Gasteiger partial charge in [0.1, 0.15) is 5.41 Å². The molecule has 1 heterocycles. The van der Waals surface area contributed by atoms with Crippen LogP contribution in [0.15, 0.2) is 0 Å². The van der Waals surface area contributed by atoms with Gasteiger partial charge in [0.25, 0.3) is 11.8 Å². The summed E-state index contributed by atoms with van der Waals surface area (Å²) in [7, 11) is 1.62. The number of unbranched alkanes of at least 4 members (excludes halogenated alkanes) is 2. The van der Waals surface area contributed by atoms with Gasteiger partial charge in [0.05, 0.1) is 0 Å². The maximum Gasteiger partial charge on any atom is 0.256 e. The number of rotatable bonds is 6. The molecule has 1 rings (SSSR count). The lowest BCUT2D eigenvalue weighted by Gasteiger charge is -2.23. The molecule has 4 nitrogen and oxygen atoms in total. The van der Waals surface area contributed by atoms with Gasteiger partial charge in [0, 0.05) is 7.05 Å². The highest BCUT2D eigenvalue weighted by Crippen LogP contribution is 2.36. The molecule has 0 aliphatic carbocycles.